The highest BCUT2D eigenvalue weighted by molar-refractivity contribution is 5.59. The van der Waals surface area contributed by atoms with Gasteiger partial charge >= 0.3 is 0 Å². The third-order valence-corrected chi connectivity index (χ3v) is 5.41. The quantitative estimate of drug-likeness (QED) is 0.325. The summed E-state index contributed by atoms with van der Waals surface area (Å²) in [5, 5.41) is 21.3. The molecule has 5 aromatic rings. The van der Waals surface area contributed by atoms with E-state index >= 15 is 0 Å². The molecule has 5 rings (SSSR count). The van der Waals surface area contributed by atoms with Crippen molar-refractivity contribution < 1.29 is 9.63 Å². The third kappa shape index (κ3) is 5.65. The summed E-state index contributed by atoms with van der Waals surface area (Å²) in [6.45, 7) is 3.57. The Morgan fingerprint density at radius 2 is 1.92 bits per heavy atom. The van der Waals surface area contributed by atoms with E-state index in [0.29, 0.717) is 31.2 Å². The van der Waals surface area contributed by atoms with E-state index in [1.54, 1.807) is 30.3 Å². The van der Waals surface area contributed by atoms with Gasteiger partial charge in [-0.1, -0.05) is 17.0 Å². The van der Waals surface area contributed by atoms with Crippen LogP contribution in [0.15, 0.2) is 78.2 Å². The third-order valence-electron chi connectivity index (χ3n) is 5.41. The molecule has 0 amide bonds. The van der Waals surface area contributed by atoms with Crippen LogP contribution in [0.1, 0.15) is 35.7 Å². The highest BCUT2D eigenvalue weighted by Crippen LogP contribution is 2.22. The van der Waals surface area contributed by atoms with Gasteiger partial charge in [-0.15, -0.1) is 0 Å². The maximum Gasteiger partial charge on any atom is 0.167 e. The molecule has 36 heavy (non-hydrogen) atoms. The van der Waals surface area contributed by atoms with Crippen molar-refractivity contribution in [1.29, 1.82) is 0 Å². The molecule has 0 aliphatic carbocycles. The Morgan fingerprint density at radius 3 is 2.67 bits per heavy atom. The Balaban J connectivity index is 1.17. The van der Waals surface area contributed by atoms with Crippen LogP contribution in [-0.4, -0.2) is 46.1 Å². The van der Waals surface area contributed by atoms with Gasteiger partial charge in [0.15, 0.2) is 5.76 Å². The van der Waals surface area contributed by atoms with Crippen LogP contribution in [0.3, 0.4) is 0 Å². The Morgan fingerprint density at radius 1 is 1.08 bits per heavy atom. The second-order valence-electron chi connectivity index (χ2n) is 8.12. The van der Waals surface area contributed by atoms with Crippen molar-refractivity contribution in [1.82, 2.24) is 34.5 Å². The highest BCUT2D eigenvalue weighted by atomic mass is 16.5. The minimum Gasteiger partial charge on any atom is -0.385 e. The number of aromatic nitrogens is 7. The van der Waals surface area contributed by atoms with E-state index in [1.165, 1.54) is 6.33 Å². The number of anilines is 1. The fraction of sp³-hybridized carbons (Fsp3) is 0.192. The molecule has 0 unspecified atom stereocenters. The van der Waals surface area contributed by atoms with E-state index in [-0.39, 0.29) is 0 Å². The van der Waals surface area contributed by atoms with Gasteiger partial charge in [-0.2, -0.15) is 5.10 Å². The Hall–Kier alpha value is -4.75. The zero-order chi connectivity index (χ0) is 24.7. The van der Waals surface area contributed by atoms with Gasteiger partial charge in [-0.3, -0.25) is 4.68 Å². The SMILES string of the molecule is C[C@H](O)c1nccn1Cc1cc(-c2ccc(C#Cc3ccc(NCCn4cncn4)nc3)cc2)on1. The van der Waals surface area contributed by atoms with Gasteiger partial charge in [0.25, 0.3) is 0 Å². The summed E-state index contributed by atoms with van der Waals surface area (Å²) in [5.41, 5.74) is 3.37. The van der Waals surface area contributed by atoms with Gasteiger partial charge < -0.3 is 19.5 Å². The first-order chi connectivity index (χ1) is 17.6. The van der Waals surface area contributed by atoms with Crippen LogP contribution in [0.25, 0.3) is 11.3 Å². The van der Waals surface area contributed by atoms with Crippen LogP contribution in [0, 0.1) is 11.8 Å². The monoisotopic (exact) mass is 480 g/mol. The summed E-state index contributed by atoms with van der Waals surface area (Å²) in [4.78, 5) is 12.5. The molecule has 4 aromatic heterocycles. The average molecular weight is 481 g/mol. The molecule has 0 spiro atoms. The van der Waals surface area contributed by atoms with Gasteiger partial charge in [0.1, 0.15) is 36.1 Å². The maximum atomic E-state index is 9.82. The summed E-state index contributed by atoms with van der Waals surface area (Å²) >= 11 is 0. The second-order valence-corrected chi connectivity index (χ2v) is 8.12. The molecule has 1 aromatic carbocycles. The number of rotatable bonds is 8. The Bertz CT molecular complexity index is 1460. The van der Waals surface area contributed by atoms with Gasteiger partial charge in [-0.05, 0) is 43.3 Å². The number of nitrogens with zero attached hydrogens (tertiary/aromatic N) is 7. The van der Waals surface area contributed by atoms with Crippen LogP contribution in [0.2, 0.25) is 0 Å². The fourth-order valence-corrected chi connectivity index (χ4v) is 3.60. The summed E-state index contributed by atoms with van der Waals surface area (Å²) in [7, 11) is 0. The van der Waals surface area contributed by atoms with E-state index in [2.05, 4.69) is 42.4 Å². The number of hydrogen-bond donors (Lipinski definition) is 2. The summed E-state index contributed by atoms with van der Waals surface area (Å²) in [6, 6.07) is 13.5. The minimum absolute atomic E-state index is 0.470. The molecule has 2 N–H and O–H groups in total. The second kappa shape index (κ2) is 10.7. The molecule has 0 radical (unpaired) electrons. The number of imidazole rings is 1. The first-order valence-corrected chi connectivity index (χ1v) is 11.4. The molecular formula is C26H24N8O2. The largest absolute Gasteiger partial charge is 0.385 e. The van der Waals surface area contributed by atoms with Crippen LogP contribution in [-0.2, 0) is 13.1 Å². The lowest BCUT2D eigenvalue weighted by Crippen LogP contribution is -2.11. The van der Waals surface area contributed by atoms with Gasteiger partial charge in [0, 0.05) is 47.9 Å². The van der Waals surface area contributed by atoms with Gasteiger partial charge in [0.05, 0.1) is 13.1 Å². The van der Waals surface area contributed by atoms with Crippen molar-refractivity contribution in [2.75, 3.05) is 11.9 Å². The highest BCUT2D eigenvalue weighted by Gasteiger charge is 2.12. The molecule has 0 saturated carbocycles. The molecule has 0 aliphatic heterocycles. The Labute approximate surface area is 207 Å². The smallest absolute Gasteiger partial charge is 0.167 e. The standard InChI is InChI=1S/C26H24N8O2/c1-19(35)26-29-10-12-33(26)16-23-14-24(36-32-23)22-7-4-20(5-8-22)2-3-21-6-9-25(30-15-21)28-11-13-34-18-27-17-31-34/h4-10,12,14-15,17-19,35H,11,13,16H2,1H3,(H,28,30)/t19-/m0/s1. The number of benzene rings is 1. The van der Waals surface area contributed by atoms with E-state index in [1.807, 2.05) is 53.2 Å². The molecule has 0 aliphatic rings. The van der Waals surface area contributed by atoms with Crippen molar-refractivity contribution in [3.8, 4) is 23.2 Å². The molecular weight excluding hydrogens is 456 g/mol. The number of nitrogens with one attached hydrogen (secondary N) is 1. The number of aliphatic hydroxyl groups is 1. The normalized spacial score (nSPS) is 11.6. The zero-order valence-electron chi connectivity index (χ0n) is 19.6. The first kappa shape index (κ1) is 23.0. The van der Waals surface area contributed by atoms with Gasteiger partial charge in [-0.25, -0.2) is 15.0 Å². The van der Waals surface area contributed by atoms with Crippen LogP contribution in [0.4, 0.5) is 5.82 Å². The molecule has 10 nitrogen and oxygen atoms in total. The van der Waals surface area contributed by atoms with E-state index < -0.39 is 6.10 Å². The number of hydrogen-bond acceptors (Lipinski definition) is 8. The van der Waals surface area contributed by atoms with Crippen molar-refractivity contribution in [3.05, 3.63) is 96.4 Å². The van der Waals surface area contributed by atoms with Crippen molar-refractivity contribution in [3.63, 3.8) is 0 Å². The van der Waals surface area contributed by atoms with Crippen LogP contribution >= 0.6 is 0 Å². The van der Waals surface area contributed by atoms with E-state index in [0.717, 1.165) is 28.2 Å². The molecule has 180 valence electrons. The lowest BCUT2D eigenvalue weighted by Gasteiger charge is -2.07. The van der Waals surface area contributed by atoms with Crippen molar-refractivity contribution in [2.45, 2.75) is 26.1 Å². The molecule has 0 bridgehead atoms. The van der Waals surface area contributed by atoms with Crippen molar-refractivity contribution >= 4 is 5.82 Å². The average Bonchev–Trinajstić information content (AvgIpc) is 3.67. The van der Waals surface area contributed by atoms with Crippen LogP contribution in [0.5, 0.6) is 0 Å². The predicted molar refractivity (Wildman–Crippen MR) is 133 cm³/mol. The first-order valence-electron chi connectivity index (χ1n) is 11.4. The van der Waals surface area contributed by atoms with Crippen molar-refractivity contribution in [2.24, 2.45) is 0 Å². The Kier molecular flexibility index (Phi) is 6.82. The summed E-state index contributed by atoms with van der Waals surface area (Å²) < 4.78 is 9.13. The molecule has 0 fully saturated rings. The van der Waals surface area contributed by atoms with E-state index in [4.69, 9.17) is 4.52 Å². The predicted octanol–water partition coefficient (Wildman–Crippen LogP) is 3.14. The topological polar surface area (TPSA) is 120 Å². The molecule has 0 saturated heterocycles. The minimum atomic E-state index is -0.651. The molecule has 10 heteroatoms. The van der Waals surface area contributed by atoms with E-state index in [9.17, 15) is 5.11 Å². The lowest BCUT2D eigenvalue weighted by molar-refractivity contribution is 0.184. The molecule has 4 heterocycles. The molecule has 1 atom stereocenters. The van der Waals surface area contributed by atoms with Gasteiger partial charge in [0.2, 0.25) is 0 Å². The summed E-state index contributed by atoms with van der Waals surface area (Å²) in [5.74, 6) is 8.34. The number of aliphatic hydroxyl groups excluding tert-OH is 1. The summed E-state index contributed by atoms with van der Waals surface area (Å²) in [6.07, 6.45) is 7.76. The lowest BCUT2D eigenvalue weighted by atomic mass is 10.1. The maximum absolute atomic E-state index is 9.82. The van der Waals surface area contributed by atoms with Crippen LogP contribution < -0.4 is 5.32 Å². The zero-order valence-corrected chi connectivity index (χ0v) is 19.6. The fourth-order valence-electron chi connectivity index (χ4n) is 3.60. The number of pyridine rings is 1.